The number of halogens is 2. The quantitative estimate of drug-likeness (QED) is 0.701. The van der Waals surface area contributed by atoms with Gasteiger partial charge in [0.25, 0.3) is 5.91 Å². The summed E-state index contributed by atoms with van der Waals surface area (Å²) in [6.45, 7) is 0.605. The Morgan fingerprint density at radius 1 is 1.16 bits per heavy atom. The third-order valence-corrected chi connectivity index (χ3v) is 5.22. The molecule has 25 heavy (non-hydrogen) atoms. The molecule has 7 heteroatoms. The van der Waals surface area contributed by atoms with Gasteiger partial charge in [0.15, 0.2) is 5.84 Å². The van der Waals surface area contributed by atoms with Gasteiger partial charge < -0.3 is 4.90 Å². The molecular formula is C18H11Cl2N3OS. The summed E-state index contributed by atoms with van der Waals surface area (Å²) < 4.78 is 0.553. The zero-order valence-corrected chi connectivity index (χ0v) is 15.1. The van der Waals surface area contributed by atoms with Crippen LogP contribution in [0.5, 0.6) is 0 Å². The molecule has 4 rings (SSSR count). The third-order valence-electron chi connectivity index (χ3n) is 3.78. The molecule has 1 amide bonds. The normalized spacial score (nSPS) is 17.5. The van der Waals surface area contributed by atoms with Crippen LogP contribution in [-0.2, 0) is 6.54 Å². The standard InChI is InChI=1S/C18H11Cl2N3OS/c19-12-5-8-16-21-17(22-18(24)14-6-7-15(20)25-14)13-4-2-1-3-11(13)9-23(16)10-12/h1-8,10H,9H2. The monoisotopic (exact) mass is 387 g/mol. The van der Waals surface area contributed by atoms with Crippen LogP contribution in [0, 0.1) is 0 Å². The molecule has 0 spiro atoms. The third kappa shape index (κ3) is 3.31. The highest BCUT2D eigenvalue weighted by Gasteiger charge is 2.22. The van der Waals surface area contributed by atoms with Crippen LogP contribution in [0.4, 0.5) is 0 Å². The molecule has 2 aliphatic rings. The number of nitrogens with zero attached hydrogens (tertiary/aromatic N) is 3. The molecule has 0 unspecified atom stereocenters. The van der Waals surface area contributed by atoms with Crippen molar-refractivity contribution in [3.63, 3.8) is 0 Å². The summed E-state index contributed by atoms with van der Waals surface area (Å²) in [6, 6.07) is 11.1. The van der Waals surface area contributed by atoms with Crippen molar-refractivity contribution in [3.8, 4) is 0 Å². The van der Waals surface area contributed by atoms with E-state index in [0.29, 0.717) is 32.5 Å². The van der Waals surface area contributed by atoms with Crippen molar-refractivity contribution >= 4 is 52.1 Å². The Hall–Kier alpha value is -2.21. The number of hydrogen-bond donors (Lipinski definition) is 0. The predicted octanol–water partition coefficient (Wildman–Crippen LogP) is 4.85. The van der Waals surface area contributed by atoms with Crippen molar-refractivity contribution < 1.29 is 4.79 Å². The predicted molar refractivity (Wildman–Crippen MR) is 103 cm³/mol. The molecule has 4 nitrogen and oxygen atoms in total. The van der Waals surface area contributed by atoms with Crippen LogP contribution in [0.3, 0.4) is 0 Å². The van der Waals surface area contributed by atoms with Crippen molar-refractivity contribution in [2.75, 3.05) is 0 Å². The van der Waals surface area contributed by atoms with Gasteiger partial charge in [-0.25, -0.2) is 4.99 Å². The van der Waals surface area contributed by atoms with E-state index in [9.17, 15) is 4.79 Å². The molecule has 0 saturated carbocycles. The summed E-state index contributed by atoms with van der Waals surface area (Å²) in [4.78, 5) is 23.8. The maximum Gasteiger partial charge on any atom is 0.289 e. The molecule has 2 aliphatic heterocycles. The smallest absolute Gasteiger partial charge is 0.289 e. The van der Waals surface area contributed by atoms with Gasteiger partial charge in [-0.3, -0.25) is 4.79 Å². The van der Waals surface area contributed by atoms with Gasteiger partial charge in [0.05, 0.1) is 14.2 Å². The van der Waals surface area contributed by atoms with E-state index in [2.05, 4.69) is 9.98 Å². The lowest BCUT2D eigenvalue weighted by atomic mass is 10.1. The molecule has 0 bridgehead atoms. The van der Waals surface area contributed by atoms with Crippen LogP contribution in [0.1, 0.15) is 20.8 Å². The Morgan fingerprint density at radius 3 is 2.80 bits per heavy atom. The molecule has 0 atom stereocenters. The molecular weight excluding hydrogens is 377 g/mol. The maximum atomic E-state index is 12.5. The molecule has 0 fully saturated rings. The Bertz CT molecular complexity index is 988. The highest BCUT2D eigenvalue weighted by molar-refractivity contribution is 7.18. The van der Waals surface area contributed by atoms with Gasteiger partial charge in [0.2, 0.25) is 0 Å². The average Bonchev–Trinajstić information content (AvgIpc) is 2.97. The maximum absolute atomic E-state index is 12.5. The molecule has 0 radical (unpaired) electrons. The fourth-order valence-electron chi connectivity index (χ4n) is 2.63. The zero-order valence-electron chi connectivity index (χ0n) is 12.8. The zero-order chi connectivity index (χ0) is 17.4. The van der Waals surface area contributed by atoms with Gasteiger partial charge in [-0.15, -0.1) is 11.3 Å². The molecule has 0 saturated heterocycles. The van der Waals surface area contributed by atoms with Crippen LogP contribution >= 0.6 is 34.5 Å². The fraction of sp³-hybridized carbons (Fsp3) is 0.0556. The van der Waals surface area contributed by atoms with E-state index in [1.807, 2.05) is 41.4 Å². The second-order valence-corrected chi connectivity index (χ2v) is 7.60. The topological polar surface area (TPSA) is 45.0 Å². The lowest BCUT2D eigenvalue weighted by Crippen LogP contribution is -2.25. The second-order valence-electron chi connectivity index (χ2n) is 5.45. The summed E-state index contributed by atoms with van der Waals surface area (Å²) in [5, 5.41) is 0.626. The Balaban J connectivity index is 1.82. The van der Waals surface area contributed by atoms with Gasteiger partial charge in [-0.05, 0) is 29.8 Å². The first-order valence-corrected chi connectivity index (χ1v) is 9.05. The number of benzene rings is 1. The number of rotatable bonds is 1. The molecule has 1 aromatic carbocycles. The number of hydrogen-bond acceptors (Lipinski definition) is 3. The highest BCUT2D eigenvalue weighted by Crippen LogP contribution is 2.25. The van der Waals surface area contributed by atoms with Crippen LogP contribution in [0.15, 0.2) is 69.8 Å². The van der Waals surface area contributed by atoms with Gasteiger partial charge in [-0.2, -0.15) is 4.99 Å². The second kappa shape index (κ2) is 6.59. The molecule has 0 N–H and O–H groups in total. The molecule has 3 heterocycles. The average molecular weight is 388 g/mol. The van der Waals surface area contributed by atoms with Crippen LogP contribution in [0.2, 0.25) is 4.34 Å². The van der Waals surface area contributed by atoms with E-state index < -0.39 is 0 Å². The largest absolute Gasteiger partial charge is 0.327 e. The number of allylic oxidation sites excluding steroid dienone is 2. The first-order valence-electron chi connectivity index (χ1n) is 7.47. The van der Waals surface area contributed by atoms with E-state index in [4.69, 9.17) is 23.2 Å². The lowest BCUT2D eigenvalue weighted by molar-refractivity contribution is 0.101. The van der Waals surface area contributed by atoms with Crippen LogP contribution in [-0.4, -0.2) is 22.5 Å². The highest BCUT2D eigenvalue weighted by atomic mass is 35.5. The number of fused-ring (bicyclic) bond motifs is 2. The number of aliphatic imine (C=N–C) groups is 2. The number of carbonyl (C=O) groups excluding carboxylic acids is 1. The minimum absolute atomic E-state index is 0.354. The minimum atomic E-state index is -0.354. The SMILES string of the molecule is O=C(N=C1N=C2C=CC(Cl)=CN2Cc2ccccc21)c1ccc(Cl)s1. The van der Waals surface area contributed by atoms with Crippen molar-refractivity contribution in [2.24, 2.45) is 9.98 Å². The fourth-order valence-corrected chi connectivity index (χ4v) is 3.74. The molecule has 2 aromatic rings. The summed E-state index contributed by atoms with van der Waals surface area (Å²) >= 11 is 13.2. The number of amides is 1. The summed E-state index contributed by atoms with van der Waals surface area (Å²) in [6.07, 6.45) is 5.41. The Kier molecular flexibility index (Phi) is 4.29. The number of amidine groups is 2. The molecule has 124 valence electrons. The van der Waals surface area contributed by atoms with Crippen LogP contribution in [0.25, 0.3) is 0 Å². The number of thiophene rings is 1. The van der Waals surface area contributed by atoms with Gasteiger partial charge in [0.1, 0.15) is 5.84 Å². The van der Waals surface area contributed by atoms with Crippen LogP contribution < -0.4 is 0 Å². The summed E-state index contributed by atoms with van der Waals surface area (Å²) in [5.74, 6) is 0.725. The summed E-state index contributed by atoms with van der Waals surface area (Å²) in [7, 11) is 0. The Morgan fingerprint density at radius 2 is 2.00 bits per heavy atom. The first kappa shape index (κ1) is 16.3. The van der Waals surface area contributed by atoms with E-state index in [0.717, 1.165) is 11.1 Å². The number of carbonyl (C=O) groups is 1. The lowest BCUT2D eigenvalue weighted by Gasteiger charge is -2.21. The van der Waals surface area contributed by atoms with Crippen molar-refractivity contribution in [2.45, 2.75) is 6.54 Å². The Labute approximate surface area is 158 Å². The molecule has 1 aromatic heterocycles. The van der Waals surface area contributed by atoms with Crippen molar-refractivity contribution in [1.29, 1.82) is 0 Å². The van der Waals surface area contributed by atoms with E-state index in [1.165, 1.54) is 11.3 Å². The van der Waals surface area contributed by atoms with Gasteiger partial charge in [0, 0.05) is 18.3 Å². The summed E-state index contributed by atoms with van der Waals surface area (Å²) in [5.41, 5.74) is 1.85. The minimum Gasteiger partial charge on any atom is -0.327 e. The van der Waals surface area contributed by atoms with E-state index in [-0.39, 0.29) is 5.91 Å². The van der Waals surface area contributed by atoms with Crippen molar-refractivity contribution in [3.05, 3.63) is 80.1 Å². The van der Waals surface area contributed by atoms with Crippen molar-refractivity contribution in [1.82, 2.24) is 4.90 Å². The molecule has 0 aliphatic carbocycles. The van der Waals surface area contributed by atoms with Gasteiger partial charge >= 0.3 is 0 Å². The first-order chi connectivity index (χ1) is 12.1. The van der Waals surface area contributed by atoms with Gasteiger partial charge in [-0.1, -0.05) is 47.5 Å². The van der Waals surface area contributed by atoms with E-state index >= 15 is 0 Å². The van der Waals surface area contributed by atoms with E-state index in [1.54, 1.807) is 18.2 Å².